The van der Waals surface area contributed by atoms with E-state index in [-0.39, 0.29) is 17.8 Å². The summed E-state index contributed by atoms with van der Waals surface area (Å²) in [5.74, 6) is -1.34. The van der Waals surface area contributed by atoms with Gasteiger partial charge in [-0.1, -0.05) is 11.3 Å². The number of ketones is 1. The first-order valence-electron chi connectivity index (χ1n) is 8.41. The van der Waals surface area contributed by atoms with Crippen LogP contribution in [0.5, 0.6) is 0 Å². The normalized spacial score (nSPS) is 12.1. The Kier molecular flexibility index (Phi) is 4.85. The summed E-state index contributed by atoms with van der Waals surface area (Å²) in [6, 6.07) is 4.40. The largest absolute Gasteiger partial charge is 0.464 e. The molecule has 9 heteroatoms. The van der Waals surface area contributed by atoms with Gasteiger partial charge < -0.3 is 4.74 Å². The van der Waals surface area contributed by atoms with Gasteiger partial charge in [-0.25, -0.2) is 9.78 Å². The van der Waals surface area contributed by atoms with E-state index in [9.17, 15) is 14.4 Å². The minimum absolute atomic E-state index is 0.0350. The predicted molar refractivity (Wildman–Crippen MR) is 96.7 cm³/mol. The highest BCUT2D eigenvalue weighted by molar-refractivity contribution is 6.00. The molecule has 1 atom stereocenters. The SMILES string of the molecule is CCOC(=O)[C@H](C(C)=O)n1cnc2c(nnn2-c2cc(C)cc(C)c2)c1=O. The summed E-state index contributed by atoms with van der Waals surface area (Å²) in [7, 11) is 0. The second-order valence-electron chi connectivity index (χ2n) is 6.24. The highest BCUT2D eigenvalue weighted by atomic mass is 16.5. The fourth-order valence-corrected chi connectivity index (χ4v) is 2.95. The van der Waals surface area contributed by atoms with Gasteiger partial charge in [0.15, 0.2) is 23.0 Å². The molecular weight excluding hydrogens is 350 g/mol. The van der Waals surface area contributed by atoms with E-state index in [1.165, 1.54) is 11.6 Å². The summed E-state index contributed by atoms with van der Waals surface area (Å²) in [5.41, 5.74) is 2.35. The maximum absolute atomic E-state index is 12.8. The van der Waals surface area contributed by atoms with Crippen molar-refractivity contribution in [3.63, 3.8) is 0 Å². The monoisotopic (exact) mass is 369 g/mol. The van der Waals surface area contributed by atoms with Crippen molar-refractivity contribution < 1.29 is 14.3 Å². The van der Waals surface area contributed by atoms with Crippen LogP contribution in [-0.2, 0) is 14.3 Å². The van der Waals surface area contributed by atoms with Crippen LogP contribution in [0.2, 0.25) is 0 Å². The number of aromatic nitrogens is 5. The minimum Gasteiger partial charge on any atom is -0.464 e. The number of aryl methyl sites for hydroxylation is 2. The van der Waals surface area contributed by atoms with E-state index in [4.69, 9.17) is 4.74 Å². The molecule has 0 spiro atoms. The van der Waals surface area contributed by atoms with Gasteiger partial charge in [0.25, 0.3) is 5.56 Å². The number of hydrogen-bond donors (Lipinski definition) is 0. The molecule has 27 heavy (non-hydrogen) atoms. The molecule has 3 aromatic rings. The molecule has 140 valence electrons. The molecule has 0 fully saturated rings. The lowest BCUT2D eigenvalue weighted by Crippen LogP contribution is -2.35. The van der Waals surface area contributed by atoms with E-state index in [1.54, 1.807) is 6.92 Å². The van der Waals surface area contributed by atoms with Gasteiger partial charge in [-0.2, -0.15) is 4.68 Å². The van der Waals surface area contributed by atoms with E-state index >= 15 is 0 Å². The first-order valence-corrected chi connectivity index (χ1v) is 8.41. The Hall–Kier alpha value is -3.36. The number of Topliss-reactive ketones (excluding diaryl/α,β-unsaturated/α-hetero) is 1. The van der Waals surface area contributed by atoms with Crippen molar-refractivity contribution in [1.82, 2.24) is 24.5 Å². The molecule has 0 saturated heterocycles. The molecule has 9 nitrogen and oxygen atoms in total. The smallest absolute Gasteiger partial charge is 0.337 e. The van der Waals surface area contributed by atoms with Crippen LogP contribution in [0, 0.1) is 13.8 Å². The van der Waals surface area contributed by atoms with Gasteiger partial charge in [-0.15, -0.1) is 5.10 Å². The standard InChI is InChI=1S/C18H19N5O4/c1-5-27-18(26)15(12(4)24)22-9-19-16-14(17(22)25)20-21-23(16)13-7-10(2)6-11(3)8-13/h6-9,15H,5H2,1-4H3/t15-/m0/s1. The highest BCUT2D eigenvalue weighted by Gasteiger charge is 2.29. The lowest BCUT2D eigenvalue weighted by molar-refractivity contribution is -0.150. The fourth-order valence-electron chi connectivity index (χ4n) is 2.95. The summed E-state index contributed by atoms with van der Waals surface area (Å²) in [5, 5.41) is 7.94. The number of fused-ring (bicyclic) bond motifs is 1. The zero-order chi connectivity index (χ0) is 19.7. The Morgan fingerprint density at radius 1 is 1.19 bits per heavy atom. The zero-order valence-corrected chi connectivity index (χ0v) is 15.5. The summed E-state index contributed by atoms with van der Waals surface area (Å²) in [4.78, 5) is 41.1. The van der Waals surface area contributed by atoms with Crippen LogP contribution in [-0.4, -0.2) is 42.9 Å². The summed E-state index contributed by atoms with van der Waals surface area (Å²) in [6.07, 6.45) is 1.15. The van der Waals surface area contributed by atoms with Crippen molar-refractivity contribution in [1.29, 1.82) is 0 Å². The van der Waals surface area contributed by atoms with Crippen LogP contribution < -0.4 is 5.56 Å². The fraction of sp³-hybridized carbons (Fsp3) is 0.333. The third kappa shape index (κ3) is 3.35. The molecule has 0 aliphatic carbocycles. The van der Waals surface area contributed by atoms with E-state index in [2.05, 4.69) is 15.3 Å². The highest BCUT2D eigenvalue weighted by Crippen LogP contribution is 2.17. The van der Waals surface area contributed by atoms with E-state index < -0.39 is 23.4 Å². The second-order valence-corrected chi connectivity index (χ2v) is 6.24. The zero-order valence-electron chi connectivity index (χ0n) is 15.5. The van der Waals surface area contributed by atoms with Crippen molar-refractivity contribution in [3.8, 4) is 5.69 Å². The van der Waals surface area contributed by atoms with Gasteiger partial charge >= 0.3 is 5.97 Å². The van der Waals surface area contributed by atoms with Crippen LogP contribution in [0.3, 0.4) is 0 Å². The molecule has 2 aromatic heterocycles. The Balaban J connectivity index is 2.16. The molecule has 3 rings (SSSR count). The molecule has 0 amide bonds. The Bertz CT molecular complexity index is 1080. The average molecular weight is 369 g/mol. The topological polar surface area (TPSA) is 109 Å². The van der Waals surface area contributed by atoms with Crippen molar-refractivity contribution in [2.45, 2.75) is 33.7 Å². The van der Waals surface area contributed by atoms with E-state index in [1.807, 2.05) is 32.0 Å². The van der Waals surface area contributed by atoms with Gasteiger partial charge in [0.05, 0.1) is 12.3 Å². The third-order valence-electron chi connectivity index (χ3n) is 4.01. The van der Waals surface area contributed by atoms with Gasteiger partial charge in [-0.3, -0.25) is 14.2 Å². The molecule has 0 bridgehead atoms. The first-order chi connectivity index (χ1) is 12.8. The van der Waals surface area contributed by atoms with Crippen molar-refractivity contribution in [2.24, 2.45) is 0 Å². The number of rotatable bonds is 5. The summed E-state index contributed by atoms with van der Waals surface area (Å²) >= 11 is 0. The van der Waals surface area contributed by atoms with Crippen LogP contribution in [0.15, 0.2) is 29.3 Å². The quantitative estimate of drug-likeness (QED) is 0.492. The number of hydrogen-bond acceptors (Lipinski definition) is 7. The molecule has 0 saturated carbocycles. The number of nitrogens with zero attached hydrogens (tertiary/aromatic N) is 5. The molecule has 0 radical (unpaired) electrons. The second kappa shape index (κ2) is 7.10. The van der Waals surface area contributed by atoms with Crippen molar-refractivity contribution in [3.05, 3.63) is 46.0 Å². The minimum atomic E-state index is -1.40. The van der Waals surface area contributed by atoms with E-state index in [0.29, 0.717) is 5.69 Å². The maximum atomic E-state index is 12.8. The predicted octanol–water partition coefficient (Wildman–Crippen LogP) is 1.29. The third-order valence-corrected chi connectivity index (χ3v) is 4.01. The maximum Gasteiger partial charge on any atom is 0.337 e. The van der Waals surface area contributed by atoms with Crippen molar-refractivity contribution in [2.75, 3.05) is 6.61 Å². The van der Waals surface area contributed by atoms with Gasteiger partial charge in [-0.05, 0) is 51.0 Å². The Morgan fingerprint density at radius 2 is 1.85 bits per heavy atom. The van der Waals surface area contributed by atoms with Crippen LogP contribution >= 0.6 is 0 Å². The molecule has 0 N–H and O–H groups in total. The number of benzene rings is 1. The summed E-state index contributed by atoms with van der Waals surface area (Å²) < 4.78 is 7.29. The average Bonchev–Trinajstić information content (AvgIpc) is 3.01. The van der Waals surface area contributed by atoms with Crippen LogP contribution in [0.1, 0.15) is 31.0 Å². The van der Waals surface area contributed by atoms with Gasteiger partial charge in [0.1, 0.15) is 6.33 Å². The number of esters is 1. The summed E-state index contributed by atoms with van der Waals surface area (Å²) in [6.45, 7) is 6.83. The lowest BCUT2D eigenvalue weighted by atomic mass is 10.1. The molecule has 1 aromatic carbocycles. The number of carbonyl (C=O) groups excluding carboxylic acids is 2. The molecule has 2 heterocycles. The van der Waals surface area contributed by atoms with Gasteiger partial charge in [0, 0.05) is 0 Å². The molecule has 0 aliphatic rings. The molecule has 0 unspecified atom stereocenters. The molecular formula is C18H19N5O4. The first kappa shape index (κ1) is 18.4. The van der Waals surface area contributed by atoms with E-state index in [0.717, 1.165) is 22.0 Å². The number of ether oxygens (including phenoxy) is 1. The van der Waals surface area contributed by atoms with Crippen LogP contribution in [0.25, 0.3) is 16.9 Å². The van der Waals surface area contributed by atoms with Gasteiger partial charge in [0.2, 0.25) is 0 Å². The lowest BCUT2D eigenvalue weighted by Gasteiger charge is -2.14. The van der Waals surface area contributed by atoms with Crippen LogP contribution in [0.4, 0.5) is 0 Å². The number of carbonyl (C=O) groups is 2. The Labute approximate surface area is 154 Å². The molecule has 0 aliphatic heterocycles. The Morgan fingerprint density at radius 3 is 2.44 bits per heavy atom. The van der Waals surface area contributed by atoms with Crippen molar-refractivity contribution >= 4 is 22.9 Å².